The van der Waals surface area contributed by atoms with Crippen LogP contribution in [-0.4, -0.2) is 27.8 Å². The second-order valence-electron chi connectivity index (χ2n) is 8.41. The van der Waals surface area contributed by atoms with E-state index in [9.17, 15) is 23.6 Å². The van der Waals surface area contributed by atoms with Crippen LogP contribution in [0.25, 0.3) is 0 Å². The Bertz CT molecular complexity index is 1250. The lowest BCUT2D eigenvalue weighted by atomic mass is 10.1. The molecule has 35 heavy (non-hydrogen) atoms. The number of halogens is 5. The van der Waals surface area contributed by atoms with Crippen molar-refractivity contribution in [2.45, 2.75) is 30.0 Å². The summed E-state index contributed by atoms with van der Waals surface area (Å²) in [5.41, 5.74) is -1.01. The summed E-state index contributed by atoms with van der Waals surface area (Å²) in [6, 6.07) is 5.98. The standard InChI is InChI=1S/C23H18Cl3F2N3O4/c24-15-4-2-11(29-22(35)14-9-23(14,25)26)8-13(15)21(34)30-17-6-5-16(27)19(18(17)28)31-20(33)10-1-3-12(32)7-10/h2,4-6,8,10,14H,1,3,7,9H2,(H,29,35)(H,30,34)(H,31,33). The summed E-state index contributed by atoms with van der Waals surface area (Å²) in [7, 11) is 0. The molecule has 0 bridgehead atoms. The van der Waals surface area contributed by atoms with Crippen molar-refractivity contribution in [2.24, 2.45) is 11.8 Å². The molecule has 2 aromatic rings. The fraction of sp³-hybridized carbons (Fsp3) is 0.304. The number of anilines is 3. The van der Waals surface area contributed by atoms with Crippen molar-refractivity contribution in [3.8, 4) is 0 Å². The number of carbonyl (C=O) groups excluding carboxylic acids is 4. The highest BCUT2D eigenvalue weighted by Gasteiger charge is 2.56. The van der Waals surface area contributed by atoms with Crippen molar-refractivity contribution in [3.05, 3.63) is 52.6 Å². The molecule has 2 aliphatic rings. The first-order valence-corrected chi connectivity index (χ1v) is 11.7. The number of hydrogen-bond donors (Lipinski definition) is 3. The zero-order valence-corrected chi connectivity index (χ0v) is 20.2. The van der Waals surface area contributed by atoms with Crippen LogP contribution < -0.4 is 16.0 Å². The van der Waals surface area contributed by atoms with Crippen LogP contribution in [0.15, 0.2) is 30.3 Å². The third-order valence-electron chi connectivity index (χ3n) is 5.82. The normalized spacial score (nSPS) is 20.3. The van der Waals surface area contributed by atoms with Gasteiger partial charge in [-0.25, -0.2) is 8.78 Å². The highest BCUT2D eigenvalue weighted by Crippen LogP contribution is 2.53. The average molecular weight is 545 g/mol. The number of ketones is 1. The Kier molecular flexibility index (Phi) is 7.04. The molecule has 2 aromatic carbocycles. The first kappa shape index (κ1) is 25.3. The molecule has 0 saturated heterocycles. The summed E-state index contributed by atoms with van der Waals surface area (Å²) in [6.45, 7) is 0. The van der Waals surface area contributed by atoms with E-state index in [2.05, 4.69) is 16.0 Å². The Labute approximate surface area is 213 Å². The first-order valence-electron chi connectivity index (χ1n) is 10.6. The van der Waals surface area contributed by atoms with Crippen molar-refractivity contribution in [3.63, 3.8) is 0 Å². The van der Waals surface area contributed by atoms with E-state index in [0.717, 1.165) is 12.1 Å². The Morgan fingerprint density at radius 2 is 1.71 bits per heavy atom. The van der Waals surface area contributed by atoms with Gasteiger partial charge in [0, 0.05) is 24.4 Å². The monoisotopic (exact) mass is 543 g/mol. The van der Waals surface area contributed by atoms with Crippen molar-refractivity contribution in [2.75, 3.05) is 16.0 Å². The minimum Gasteiger partial charge on any atom is -0.326 e. The van der Waals surface area contributed by atoms with Gasteiger partial charge in [-0.15, -0.1) is 23.2 Å². The van der Waals surface area contributed by atoms with Gasteiger partial charge >= 0.3 is 0 Å². The molecule has 0 radical (unpaired) electrons. The minimum atomic E-state index is -1.20. The van der Waals surface area contributed by atoms with Gasteiger partial charge in [-0.3, -0.25) is 19.2 Å². The largest absolute Gasteiger partial charge is 0.326 e. The fourth-order valence-corrected chi connectivity index (χ4v) is 4.43. The van der Waals surface area contributed by atoms with Crippen molar-refractivity contribution in [1.29, 1.82) is 0 Å². The fourth-order valence-electron chi connectivity index (χ4n) is 3.72. The molecule has 0 aromatic heterocycles. The van der Waals surface area contributed by atoms with Gasteiger partial charge in [-0.05, 0) is 43.2 Å². The van der Waals surface area contributed by atoms with Crippen molar-refractivity contribution in [1.82, 2.24) is 0 Å². The number of carbonyl (C=O) groups is 4. The van der Waals surface area contributed by atoms with Gasteiger partial charge in [0.05, 0.1) is 22.2 Å². The minimum absolute atomic E-state index is 0.00833. The van der Waals surface area contributed by atoms with Gasteiger partial charge in [0.2, 0.25) is 11.8 Å². The lowest BCUT2D eigenvalue weighted by molar-refractivity contribution is -0.122. The highest BCUT2D eigenvalue weighted by molar-refractivity contribution is 6.52. The zero-order valence-electron chi connectivity index (χ0n) is 17.9. The number of benzene rings is 2. The molecule has 7 nitrogen and oxygen atoms in total. The molecule has 2 atom stereocenters. The lowest BCUT2D eigenvalue weighted by Crippen LogP contribution is -2.23. The Morgan fingerprint density at radius 3 is 2.34 bits per heavy atom. The Balaban J connectivity index is 1.49. The van der Waals surface area contributed by atoms with Crippen LogP contribution in [0, 0.1) is 23.5 Å². The predicted molar refractivity (Wildman–Crippen MR) is 128 cm³/mol. The van der Waals surface area contributed by atoms with Crippen LogP contribution in [0.3, 0.4) is 0 Å². The zero-order chi connectivity index (χ0) is 25.5. The van der Waals surface area contributed by atoms with E-state index in [4.69, 9.17) is 34.8 Å². The van der Waals surface area contributed by atoms with Gasteiger partial charge in [-0.2, -0.15) is 0 Å². The number of amides is 3. The van der Waals surface area contributed by atoms with E-state index in [1.807, 2.05) is 0 Å². The molecule has 184 valence electrons. The summed E-state index contributed by atoms with van der Waals surface area (Å²) < 4.78 is 28.1. The van der Waals surface area contributed by atoms with Gasteiger partial charge < -0.3 is 16.0 Å². The quantitative estimate of drug-likeness (QED) is 0.429. The highest BCUT2D eigenvalue weighted by atomic mass is 35.5. The van der Waals surface area contributed by atoms with Crippen LogP contribution >= 0.6 is 34.8 Å². The topological polar surface area (TPSA) is 104 Å². The molecule has 12 heteroatoms. The van der Waals surface area contributed by atoms with Crippen molar-refractivity contribution >= 4 is 75.4 Å². The van der Waals surface area contributed by atoms with E-state index in [-0.39, 0.29) is 34.9 Å². The number of Topliss-reactive ketones (excluding diaryl/α,β-unsaturated/α-hetero) is 1. The maximum atomic E-state index is 15.0. The molecule has 2 unspecified atom stereocenters. The van der Waals surface area contributed by atoms with Gasteiger partial charge in [0.15, 0.2) is 5.82 Å². The second kappa shape index (κ2) is 9.72. The third-order valence-corrected chi connectivity index (χ3v) is 6.99. The van der Waals surface area contributed by atoms with E-state index in [0.29, 0.717) is 12.8 Å². The molecule has 0 heterocycles. The maximum absolute atomic E-state index is 15.0. The Hall–Kier alpha value is -2.75. The molecule has 3 amide bonds. The molecule has 2 aliphatic carbocycles. The van der Waals surface area contributed by atoms with E-state index in [1.165, 1.54) is 18.2 Å². The second-order valence-corrected chi connectivity index (χ2v) is 10.4. The number of hydrogen-bond acceptors (Lipinski definition) is 4. The molecule has 2 fully saturated rings. The number of nitrogens with one attached hydrogen (secondary N) is 3. The molecule has 0 aliphatic heterocycles. The Morgan fingerprint density at radius 1 is 1.00 bits per heavy atom. The number of alkyl halides is 2. The van der Waals surface area contributed by atoms with E-state index in [1.54, 1.807) is 0 Å². The molecular weight excluding hydrogens is 527 g/mol. The molecule has 2 saturated carbocycles. The van der Waals surface area contributed by atoms with Crippen LogP contribution in [0.2, 0.25) is 5.02 Å². The molecular formula is C23H18Cl3F2N3O4. The first-order chi connectivity index (χ1) is 16.5. The van der Waals surface area contributed by atoms with E-state index < -0.39 is 56.9 Å². The summed E-state index contributed by atoms with van der Waals surface area (Å²) >= 11 is 17.9. The van der Waals surface area contributed by atoms with E-state index >= 15 is 4.39 Å². The van der Waals surface area contributed by atoms with Gasteiger partial charge in [0.25, 0.3) is 5.91 Å². The average Bonchev–Trinajstić information content (AvgIpc) is 3.22. The molecule has 4 rings (SSSR count). The van der Waals surface area contributed by atoms with Crippen LogP contribution in [0.1, 0.15) is 36.0 Å². The number of rotatable bonds is 6. The van der Waals surface area contributed by atoms with Crippen LogP contribution in [0.5, 0.6) is 0 Å². The van der Waals surface area contributed by atoms with Gasteiger partial charge in [0.1, 0.15) is 21.6 Å². The summed E-state index contributed by atoms with van der Waals surface area (Å²) in [5.74, 6) is -5.57. The lowest BCUT2D eigenvalue weighted by Gasteiger charge is -2.15. The summed E-state index contributed by atoms with van der Waals surface area (Å²) in [5, 5.41) is 7.06. The molecule has 3 N–H and O–H groups in total. The summed E-state index contributed by atoms with van der Waals surface area (Å²) in [6.07, 6.45) is 0.836. The SMILES string of the molecule is O=C1CCC(C(=O)Nc2c(F)ccc(NC(=O)c3cc(NC(=O)C4CC4(Cl)Cl)ccc3Cl)c2F)C1. The third kappa shape index (κ3) is 5.58. The van der Waals surface area contributed by atoms with Crippen LogP contribution in [0.4, 0.5) is 25.8 Å². The maximum Gasteiger partial charge on any atom is 0.257 e. The summed E-state index contributed by atoms with van der Waals surface area (Å²) in [4.78, 5) is 48.8. The van der Waals surface area contributed by atoms with Gasteiger partial charge in [-0.1, -0.05) is 11.6 Å². The smallest absolute Gasteiger partial charge is 0.257 e. The van der Waals surface area contributed by atoms with Crippen LogP contribution in [-0.2, 0) is 14.4 Å². The predicted octanol–water partition coefficient (Wildman–Crippen LogP) is 5.31. The molecule has 0 spiro atoms. The van der Waals surface area contributed by atoms with Crippen molar-refractivity contribution < 1.29 is 28.0 Å².